The maximum Gasteiger partial charge on any atom is 0.473 e. The van der Waals surface area contributed by atoms with Gasteiger partial charge in [-0.1, -0.05) is 84.0 Å². The Hall–Kier alpha value is -7.91. The number of allylic oxidation sites excluding steroid dienone is 3. The van der Waals surface area contributed by atoms with Crippen molar-refractivity contribution in [2.45, 2.75) is 207 Å². The number of amides is 7. The number of aromatic nitrogens is 2. The molecule has 18 atom stereocenters. The first-order valence-corrected chi connectivity index (χ1v) is 36.6. The van der Waals surface area contributed by atoms with E-state index in [2.05, 4.69) is 28.0 Å². The van der Waals surface area contributed by atoms with E-state index < -0.39 is 161 Å². The Balaban J connectivity index is 0.000000825. The molecule has 6 aliphatic heterocycles. The predicted molar refractivity (Wildman–Crippen MR) is 389 cm³/mol. The Morgan fingerprint density at radius 2 is 1.34 bits per heavy atom. The molecule has 6 aliphatic rings. The van der Waals surface area contributed by atoms with E-state index in [9.17, 15) is 53.2 Å². The van der Waals surface area contributed by atoms with Gasteiger partial charge in [-0.3, -0.25) is 48.5 Å². The third-order valence-corrected chi connectivity index (χ3v) is 24.3. The number of fused-ring (bicyclic) bond motifs is 10. The Kier molecular flexibility index (Phi) is 25.7. The van der Waals surface area contributed by atoms with Gasteiger partial charge in [-0.25, -0.2) is 14.5 Å². The third kappa shape index (κ3) is 17.1. The average Bonchev–Trinajstić information content (AvgIpc) is 1.53. The van der Waals surface area contributed by atoms with Crippen molar-refractivity contribution in [3.63, 3.8) is 0 Å². The predicted octanol–water partition coefficient (Wildman–Crippen LogP) is 7.67. The number of rotatable bonds is 26. The number of phosphoric ester groups is 1. The van der Waals surface area contributed by atoms with E-state index in [1.807, 2.05) is 130 Å². The quantitative estimate of drug-likeness (QED) is 0.00957. The van der Waals surface area contributed by atoms with E-state index in [1.165, 1.54) is 24.4 Å². The number of hydrogen-bond donors (Lipinski definition) is 9. The van der Waals surface area contributed by atoms with Crippen molar-refractivity contribution in [3.05, 3.63) is 152 Å². The fourth-order valence-corrected chi connectivity index (χ4v) is 18.4. The number of primary amides is 6. The van der Waals surface area contributed by atoms with Crippen LogP contribution >= 0.6 is 7.82 Å². The van der Waals surface area contributed by atoms with Crippen LogP contribution in [0, 0.1) is 71.5 Å². The number of carbonyl (C=O) groups excluding carboxylic acids is 7. The zero-order valence-corrected chi connectivity index (χ0v) is 63.2. The Bertz CT molecular complexity index is 4200. The summed E-state index contributed by atoms with van der Waals surface area (Å²) in [5.41, 5.74) is 39.1. The normalized spacial score (nSPS) is 32.9. The number of aryl methyl sites for hydroxylation is 2. The summed E-state index contributed by atoms with van der Waals surface area (Å²) in [4.78, 5) is 113. The number of aliphatic hydroxyl groups excluding tert-OH is 2. The molecule has 7 amide bonds. The Morgan fingerprint density at radius 3 is 1.93 bits per heavy atom. The molecule has 5 fully saturated rings. The topological polar surface area (TPSA) is 468 Å². The van der Waals surface area contributed by atoms with Gasteiger partial charge in [-0.05, 0) is 140 Å². The van der Waals surface area contributed by atoms with Gasteiger partial charge in [0.05, 0.1) is 24.0 Å². The third-order valence-electron chi connectivity index (χ3n) is 23.2. The Labute approximate surface area is 623 Å². The summed E-state index contributed by atoms with van der Waals surface area (Å²) < 4.78 is 32.1. The molecule has 3 aromatic carbocycles. The van der Waals surface area contributed by atoms with Gasteiger partial charge in [0.2, 0.25) is 41.4 Å². The van der Waals surface area contributed by atoms with Gasteiger partial charge in [0.15, 0.2) is 6.23 Å². The van der Waals surface area contributed by atoms with Crippen LogP contribution in [0.2, 0.25) is 0 Å². The first-order valence-electron chi connectivity index (χ1n) is 35.2. The molecule has 3 unspecified atom stereocenters. The number of phosphoric acid groups is 1. The number of nitrogens with two attached hydrogens (primary N) is 6. The van der Waals surface area contributed by atoms with Crippen LogP contribution in [0.1, 0.15) is 156 Å². The second kappa shape index (κ2) is 32.7. The van der Waals surface area contributed by atoms with E-state index in [-0.39, 0.29) is 87.4 Å². The second-order valence-electron chi connectivity index (χ2n) is 30.4. The SMILES string of the molecule is C/C1=C2/[N-]/C(=C\C3[N-][C@@H](/C(C)=C4\[N-][C@H]([C@H](CC(N)=O)[C@@]4(C)CCC(=O)N=C[C@@H](C)OP(=O)(O)O[C@H]4[C@@H](O)[C@@H]([n+]5c[n-]c6cc(C)c(C)cc65)O[C@@H]4CO)[C@]4(C)[N-]C1[C@@H](CCC(N)=O)[C@]4(C)CC(N)=O)[C@@H](CCC(N)=O)C3(C)C)[C@@H](CCC(N)=O)[C@]2(C)CC(N)=O.[C-]#Cc1ccc(-c2ccccc2)cc1.[Co]. The molecule has 1 aromatic heterocycles. The van der Waals surface area contributed by atoms with Crippen LogP contribution in [-0.2, 0) is 68.7 Å². The van der Waals surface area contributed by atoms with Crippen LogP contribution in [-0.4, -0.2) is 123 Å². The van der Waals surface area contributed by atoms with Crippen molar-refractivity contribution in [1.82, 2.24) is 4.98 Å². The first-order chi connectivity index (χ1) is 48.7. The fraction of sp³-hybridized carbons (Fsp3) is 0.539. The van der Waals surface area contributed by atoms with Gasteiger partial charge in [-0.15, -0.1) is 64.6 Å². The summed E-state index contributed by atoms with van der Waals surface area (Å²) in [5, 5.41) is 44.1. The van der Waals surface area contributed by atoms with Crippen LogP contribution in [0.5, 0.6) is 0 Å². The number of hydrogen-bond acceptors (Lipinski definition) is 13. The van der Waals surface area contributed by atoms with Gasteiger partial charge in [0, 0.05) is 67.9 Å². The minimum atomic E-state index is -5.11. The molecule has 8 bridgehead atoms. The summed E-state index contributed by atoms with van der Waals surface area (Å²) in [6, 6.07) is 18.5. The minimum Gasteiger partial charge on any atom is -0.685 e. The zero-order chi connectivity index (χ0) is 76.5. The molecule has 0 saturated carbocycles. The molecule has 15 N–H and O–H groups in total. The molecule has 0 aliphatic carbocycles. The molecular formula is C76H99CoN13O14P-5. The molecule has 7 heterocycles. The molecule has 5 saturated heterocycles. The van der Waals surface area contributed by atoms with E-state index in [0.29, 0.717) is 39.3 Å². The van der Waals surface area contributed by atoms with E-state index in [1.54, 1.807) is 4.57 Å². The summed E-state index contributed by atoms with van der Waals surface area (Å²) >= 11 is 0. The number of aliphatic hydroxyl groups is 2. The molecule has 4 aromatic rings. The van der Waals surface area contributed by atoms with Crippen molar-refractivity contribution < 1.29 is 88.4 Å². The van der Waals surface area contributed by atoms with Crippen molar-refractivity contribution in [1.29, 1.82) is 0 Å². The number of carbonyl (C=O) groups is 7. The van der Waals surface area contributed by atoms with Crippen LogP contribution in [0.25, 0.3) is 43.4 Å². The van der Waals surface area contributed by atoms with Crippen LogP contribution in [0.15, 0.2) is 112 Å². The van der Waals surface area contributed by atoms with Crippen LogP contribution in [0.3, 0.4) is 0 Å². The molecule has 0 spiro atoms. The zero-order valence-electron chi connectivity index (χ0n) is 61.3. The molecule has 105 heavy (non-hydrogen) atoms. The standard InChI is InChI=1S/C62H90N13O14P.C14H9.Co/c1-29-20-39-40(21-30(29)2)75(28-70-39)57-52(84)53(41(27-76)87-57)89-90(85,86)88-31(3)26-69-49(83)18-19-59(8)37(22-46(66)80)56-62(11)61(10,25-48(68)82)36(14-17-45(65)79)51(74-62)33(5)55-60(9,24-47(67)81)34(12-15-43(63)77)38(71-55)23-42-58(6,7)35(13-16-44(64)78)50(72-42)32(4)54(59)73-56;1-2-12-8-10-14(11-9-12)13-6-4-3-5-7-13;/h20-21,23,26,28,31,34-37,41-42,50-53,56-57,76,84H,12-19,22,24-25,27H2,1-11H3,(H13,63,64,65,66,67,68,77,78,79,80,81,82,85,86);3-11H;/q-4;-1;/b38-23-,54-32-,55-33-,69-26?;;/t31-,34-,35-,36-,37+,41-,42?,50+,51?,52-,53-,56-,57+,59-,60+,61+,62+;;/m1../s1. The molecular weight excluding hydrogens is 1410 g/mol. The van der Waals surface area contributed by atoms with Crippen molar-refractivity contribution in [2.24, 2.45) is 84.7 Å². The molecule has 571 valence electrons. The smallest absolute Gasteiger partial charge is 0.473 e. The maximum absolute atomic E-state index is 14.3. The summed E-state index contributed by atoms with van der Waals surface area (Å²) in [6.45, 7) is 19.6. The maximum atomic E-state index is 14.3. The number of nitrogens with zero attached hydrogens (tertiary/aromatic N) is 7. The van der Waals surface area contributed by atoms with Crippen LogP contribution in [0.4, 0.5) is 0 Å². The monoisotopic (exact) mass is 1510 g/mol. The average molecular weight is 1510 g/mol. The molecule has 27 nitrogen and oxygen atoms in total. The molecule has 29 heteroatoms. The minimum absolute atomic E-state index is 0. The number of benzene rings is 3. The Morgan fingerprint density at radius 1 is 0.752 bits per heavy atom. The molecule has 10 rings (SSSR count). The van der Waals surface area contributed by atoms with Crippen molar-refractivity contribution in [3.8, 4) is 17.0 Å². The summed E-state index contributed by atoms with van der Waals surface area (Å²) in [5.74, 6) is -4.83. The van der Waals surface area contributed by atoms with Gasteiger partial charge >= 0.3 is 7.82 Å². The second-order valence-corrected chi connectivity index (χ2v) is 31.8. The fourth-order valence-electron chi connectivity index (χ4n) is 17.3. The van der Waals surface area contributed by atoms with Crippen molar-refractivity contribution in [2.75, 3.05) is 6.61 Å². The van der Waals surface area contributed by atoms with Gasteiger partial charge < -0.3 is 86.5 Å². The van der Waals surface area contributed by atoms with Gasteiger partial charge in [-0.2, -0.15) is 17.1 Å². The van der Waals surface area contributed by atoms with E-state index >= 15 is 0 Å². The first kappa shape index (κ1) is 82.7. The van der Waals surface area contributed by atoms with E-state index in [4.69, 9.17) is 75.9 Å². The summed E-state index contributed by atoms with van der Waals surface area (Å²) in [6.07, 6.45) is 3.52. The number of ether oxygens (including phenoxy) is 1. The number of aliphatic imine (C=N–C) groups is 1. The van der Waals surface area contributed by atoms with Gasteiger partial charge in [0.25, 0.3) is 0 Å². The van der Waals surface area contributed by atoms with E-state index in [0.717, 1.165) is 22.9 Å². The van der Waals surface area contributed by atoms with Crippen LogP contribution < -0.4 is 44.0 Å². The largest absolute Gasteiger partial charge is 0.685 e. The molecule has 1 radical (unpaired) electrons. The van der Waals surface area contributed by atoms with Crippen molar-refractivity contribution >= 4 is 66.4 Å². The summed E-state index contributed by atoms with van der Waals surface area (Å²) in [7, 11) is -5.11. The number of imidazole rings is 1. The van der Waals surface area contributed by atoms with Gasteiger partial charge in [0.1, 0.15) is 24.4 Å².